The summed E-state index contributed by atoms with van der Waals surface area (Å²) in [4.78, 5) is 0. The van der Waals surface area contributed by atoms with E-state index in [4.69, 9.17) is 13.8 Å². The summed E-state index contributed by atoms with van der Waals surface area (Å²) in [7, 11) is 1.58. The van der Waals surface area contributed by atoms with Crippen LogP contribution in [0.1, 0.15) is 6.42 Å². The van der Waals surface area contributed by atoms with Gasteiger partial charge in [0.1, 0.15) is 0 Å². The maximum absolute atomic E-state index is 11.3. The molecule has 0 saturated heterocycles. The van der Waals surface area contributed by atoms with Crippen LogP contribution in [-0.2, 0) is 18.3 Å². The van der Waals surface area contributed by atoms with Gasteiger partial charge in [0.15, 0.2) is 0 Å². The maximum atomic E-state index is 11.3. The van der Waals surface area contributed by atoms with Crippen molar-refractivity contribution in [2.75, 3.05) is 34.1 Å². The van der Waals surface area contributed by atoms with Crippen molar-refractivity contribution in [2.45, 2.75) is 6.42 Å². The van der Waals surface area contributed by atoms with Crippen molar-refractivity contribution in [1.82, 2.24) is 0 Å². The molecule has 68 valence electrons. The van der Waals surface area contributed by atoms with E-state index in [1.54, 1.807) is 7.11 Å². The van der Waals surface area contributed by atoms with Crippen molar-refractivity contribution in [2.24, 2.45) is 0 Å². The highest BCUT2D eigenvalue weighted by Gasteiger charge is 2.19. The lowest BCUT2D eigenvalue weighted by Crippen LogP contribution is -1.98. The molecule has 0 rings (SSSR count). The second kappa shape index (κ2) is 5.72. The molecular weight excluding hydrogens is 167 g/mol. The number of ether oxygens (including phenoxy) is 1. The molecule has 0 atom stereocenters. The fourth-order valence-corrected chi connectivity index (χ4v) is 1.69. The summed E-state index contributed by atoms with van der Waals surface area (Å²) in [6.45, 7) is 0.580. The second-order valence-electron chi connectivity index (χ2n) is 2.05. The van der Waals surface area contributed by atoms with E-state index in [1.807, 2.05) is 0 Å². The van der Waals surface area contributed by atoms with Gasteiger partial charge in [-0.05, 0) is 6.42 Å². The zero-order valence-electron chi connectivity index (χ0n) is 7.20. The molecule has 5 heteroatoms. The summed E-state index contributed by atoms with van der Waals surface area (Å²) < 4.78 is 25.5. The molecule has 0 N–H and O–H groups in total. The molecule has 0 unspecified atom stereocenters. The third-order valence-electron chi connectivity index (χ3n) is 1.34. The molecule has 0 saturated carbocycles. The first-order valence-electron chi connectivity index (χ1n) is 3.38. The average molecular weight is 182 g/mol. The van der Waals surface area contributed by atoms with E-state index in [9.17, 15) is 4.57 Å². The molecule has 0 radical (unpaired) electrons. The minimum absolute atomic E-state index is 0.411. The Kier molecular flexibility index (Phi) is 5.78. The Balaban J connectivity index is 3.61. The van der Waals surface area contributed by atoms with E-state index in [2.05, 4.69) is 0 Å². The Labute approximate surface area is 67.4 Å². The van der Waals surface area contributed by atoms with E-state index in [0.29, 0.717) is 19.2 Å². The minimum atomic E-state index is -2.79. The molecule has 0 spiro atoms. The first-order valence-corrected chi connectivity index (χ1v) is 5.11. The molecule has 0 aromatic carbocycles. The van der Waals surface area contributed by atoms with E-state index >= 15 is 0 Å². The van der Waals surface area contributed by atoms with Gasteiger partial charge in [-0.1, -0.05) is 0 Å². The van der Waals surface area contributed by atoms with Crippen LogP contribution in [0.5, 0.6) is 0 Å². The van der Waals surface area contributed by atoms with Gasteiger partial charge < -0.3 is 13.8 Å². The molecule has 4 nitrogen and oxygen atoms in total. The Morgan fingerprint density at radius 3 is 2.09 bits per heavy atom. The van der Waals surface area contributed by atoms with E-state index in [1.165, 1.54) is 14.2 Å². The van der Waals surface area contributed by atoms with Gasteiger partial charge in [0.25, 0.3) is 0 Å². The van der Waals surface area contributed by atoms with E-state index < -0.39 is 7.60 Å². The van der Waals surface area contributed by atoms with Crippen molar-refractivity contribution < 1.29 is 18.3 Å². The average Bonchev–Trinajstić information content (AvgIpc) is 2.05. The zero-order chi connectivity index (χ0) is 8.74. The van der Waals surface area contributed by atoms with Gasteiger partial charge in [0.2, 0.25) is 0 Å². The largest absolute Gasteiger partial charge is 0.385 e. The summed E-state index contributed by atoms with van der Waals surface area (Å²) in [5.41, 5.74) is 0. The van der Waals surface area contributed by atoms with Crippen LogP contribution in [0.3, 0.4) is 0 Å². The lowest BCUT2D eigenvalue weighted by molar-refractivity contribution is 0.195. The predicted molar refractivity (Wildman–Crippen MR) is 43.0 cm³/mol. The van der Waals surface area contributed by atoms with E-state index in [0.717, 1.165) is 0 Å². The van der Waals surface area contributed by atoms with Crippen molar-refractivity contribution in [3.8, 4) is 0 Å². The number of hydrogen-bond acceptors (Lipinski definition) is 4. The topological polar surface area (TPSA) is 44.8 Å². The van der Waals surface area contributed by atoms with Gasteiger partial charge >= 0.3 is 7.60 Å². The van der Waals surface area contributed by atoms with Crippen LogP contribution in [0.2, 0.25) is 0 Å². The predicted octanol–water partition coefficient (Wildman–Crippen LogP) is 1.51. The highest BCUT2D eigenvalue weighted by atomic mass is 31.2. The van der Waals surface area contributed by atoms with Crippen LogP contribution in [0, 0.1) is 0 Å². The fourth-order valence-electron chi connectivity index (χ4n) is 0.660. The highest BCUT2D eigenvalue weighted by molar-refractivity contribution is 7.53. The Hall–Kier alpha value is 0.110. The van der Waals surface area contributed by atoms with Crippen LogP contribution in [0.15, 0.2) is 0 Å². The third kappa shape index (κ3) is 4.53. The van der Waals surface area contributed by atoms with Crippen LogP contribution in [0.25, 0.3) is 0 Å². The van der Waals surface area contributed by atoms with Gasteiger partial charge in [-0.2, -0.15) is 0 Å². The molecule has 11 heavy (non-hydrogen) atoms. The molecule has 0 amide bonds. The normalized spacial score (nSPS) is 11.9. The van der Waals surface area contributed by atoms with Gasteiger partial charge in [0, 0.05) is 27.9 Å². The smallest absolute Gasteiger partial charge is 0.330 e. The Morgan fingerprint density at radius 2 is 1.73 bits per heavy atom. The summed E-state index contributed by atoms with van der Waals surface area (Å²) in [6, 6.07) is 0. The quantitative estimate of drug-likeness (QED) is 0.461. The molecule has 0 aromatic rings. The molecule has 0 aromatic heterocycles. The number of rotatable bonds is 6. The monoisotopic (exact) mass is 182 g/mol. The first kappa shape index (κ1) is 11.1. The molecule has 0 aliphatic heterocycles. The number of hydrogen-bond donors (Lipinski definition) is 0. The third-order valence-corrected chi connectivity index (χ3v) is 3.31. The lowest BCUT2D eigenvalue weighted by atomic mass is 10.5. The Morgan fingerprint density at radius 1 is 1.18 bits per heavy atom. The first-order chi connectivity index (χ1) is 5.18. The zero-order valence-corrected chi connectivity index (χ0v) is 8.10. The summed E-state index contributed by atoms with van der Waals surface area (Å²) in [5, 5.41) is 0. The molecule has 0 aliphatic rings. The van der Waals surface area contributed by atoms with Crippen LogP contribution in [0.4, 0.5) is 0 Å². The van der Waals surface area contributed by atoms with Crippen molar-refractivity contribution in [1.29, 1.82) is 0 Å². The standard InChI is InChI=1S/C6H15O4P/c1-8-5-4-6-11(7,9-2)10-3/h4-6H2,1-3H3. The van der Waals surface area contributed by atoms with Crippen molar-refractivity contribution in [3.05, 3.63) is 0 Å². The van der Waals surface area contributed by atoms with Crippen LogP contribution < -0.4 is 0 Å². The molecule has 0 bridgehead atoms. The van der Waals surface area contributed by atoms with Crippen LogP contribution in [-0.4, -0.2) is 34.1 Å². The van der Waals surface area contributed by atoms with Gasteiger partial charge in [-0.25, -0.2) is 0 Å². The fraction of sp³-hybridized carbons (Fsp3) is 1.00. The Bertz CT molecular complexity index is 129. The van der Waals surface area contributed by atoms with Crippen molar-refractivity contribution in [3.63, 3.8) is 0 Å². The van der Waals surface area contributed by atoms with Gasteiger partial charge in [-0.3, -0.25) is 4.57 Å². The SMILES string of the molecule is COCCCP(=O)(OC)OC. The summed E-state index contributed by atoms with van der Waals surface area (Å²) >= 11 is 0. The van der Waals surface area contributed by atoms with Crippen LogP contribution >= 0.6 is 7.60 Å². The summed E-state index contributed by atoms with van der Waals surface area (Å²) in [6.07, 6.45) is 1.10. The van der Waals surface area contributed by atoms with E-state index in [-0.39, 0.29) is 0 Å². The van der Waals surface area contributed by atoms with Crippen molar-refractivity contribution >= 4 is 7.60 Å². The lowest BCUT2D eigenvalue weighted by Gasteiger charge is -2.12. The van der Waals surface area contributed by atoms with Gasteiger partial charge in [-0.15, -0.1) is 0 Å². The minimum Gasteiger partial charge on any atom is -0.385 e. The second-order valence-corrected chi connectivity index (χ2v) is 4.45. The summed E-state index contributed by atoms with van der Waals surface area (Å²) in [5.74, 6) is 0. The van der Waals surface area contributed by atoms with Gasteiger partial charge in [0.05, 0.1) is 6.16 Å². The number of methoxy groups -OCH3 is 1. The maximum Gasteiger partial charge on any atom is 0.330 e. The highest BCUT2D eigenvalue weighted by Crippen LogP contribution is 2.46. The molecule has 0 fully saturated rings. The molecule has 0 heterocycles. The molecular formula is C6H15O4P. The molecule has 0 aliphatic carbocycles.